The lowest BCUT2D eigenvalue weighted by atomic mass is 9.83. The van der Waals surface area contributed by atoms with Gasteiger partial charge >= 0.3 is 5.97 Å². The number of hydrogen-bond acceptors (Lipinski definition) is 13. The fraction of sp³-hybridized carbons (Fsp3) is 0.712. The molecule has 17 heteroatoms. The molecule has 1 aliphatic rings. The molecule has 76 heavy (non-hydrogen) atoms. The molecule has 426 valence electrons. The van der Waals surface area contributed by atoms with Gasteiger partial charge in [-0.25, -0.2) is 0 Å². The van der Waals surface area contributed by atoms with Crippen LogP contribution in [-0.2, 0) is 68.5 Å². The molecule has 10 atom stereocenters. The van der Waals surface area contributed by atoms with Crippen LogP contribution >= 0.6 is 0 Å². The van der Waals surface area contributed by atoms with Gasteiger partial charge in [0, 0.05) is 118 Å². The topological polar surface area (TPSA) is 204 Å². The molecule has 0 unspecified atom stereocenters. The summed E-state index contributed by atoms with van der Waals surface area (Å²) in [6.07, 6.45) is 6.71. The van der Waals surface area contributed by atoms with E-state index < -0.39 is 71.8 Å². The van der Waals surface area contributed by atoms with E-state index in [0.717, 1.165) is 5.56 Å². The predicted molar refractivity (Wildman–Crippen MR) is 290 cm³/mol. The Morgan fingerprint density at radius 3 is 1.92 bits per heavy atom. The maximum atomic E-state index is 14.8. The number of rotatable bonds is 36. The summed E-state index contributed by atoms with van der Waals surface area (Å²) < 4.78 is 22.2. The van der Waals surface area contributed by atoms with Crippen molar-refractivity contribution in [2.45, 2.75) is 163 Å². The summed E-state index contributed by atoms with van der Waals surface area (Å²) in [4.78, 5) is 128. The highest BCUT2D eigenvalue weighted by atomic mass is 16.5. The molecule has 17 nitrogen and oxygen atoms in total. The van der Waals surface area contributed by atoms with Gasteiger partial charge in [0.25, 0.3) is 5.91 Å². The third-order valence-corrected chi connectivity index (χ3v) is 15.4. The highest BCUT2D eigenvalue weighted by Gasteiger charge is 2.44. The first-order valence-electron chi connectivity index (χ1n) is 27.3. The second-order valence-electron chi connectivity index (χ2n) is 21.5. The number of ketones is 4. The summed E-state index contributed by atoms with van der Waals surface area (Å²) >= 11 is 0. The third-order valence-electron chi connectivity index (χ3n) is 15.4. The number of ether oxygens (including phenoxy) is 4. The Labute approximate surface area is 454 Å². The van der Waals surface area contributed by atoms with E-state index >= 15 is 0 Å². The van der Waals surface area contributed by atoms with Crippen LogP contribution in [0.15, 0.2) is 30.3 Å². The SMILES string of the molecule is C#CC(=O)N(CCC(=O)CCCOC)CCC(=O)C[C@@H](C)C(=O)N(C)[C@H](C(=O)C[C@H](C(=O)N(C)[C@@H]([C@@H](C)CC)[C@@H](CC(=O)N1CCC[C@H]1[C@H](OC)[C@@H](C)C(=O)C[C@@H](Cc1ccccc1)C(=O)OC)OC)C(C)C)C(C)C. The van der Waals surface area contributed by atoms with Crippen LogP contribution in [0.25, 0.3) is 0 Å². The van der Waals surface area contributed by atoms with Crippen molar-refractivity contribution in [3.05, 3.63) is 35.9 Å². The zero-order chi connectivity index (χ0) is 57.4. The second kappa shape index (κ2) is 33.8. The lowest BCUT2D eigenvalue weighted by Crippen LogP contribution is -2.54. The number of terminal acetylenes is 1. The first-order chi connectivity index (χ1) is 35.9. The monoisotopic (exact) mass is 1060 g/mol. The van der Waals surface area contributed by atoms with E-state index in [4.69, 9.17) is 25.4 Å². The quantitative estimate of drug-likeness (QED) is 0.0404. The molecule has 0 aromatic heterocycles. The van der Waals surface area contributed by atoms with Crippen LogP contribution in [0.4, 0.5) is 0 Å². The Kier molecular flexibility index (Phi) is 29.7. The third kappa shape index (κ3) is 19.9. The highest BCUT2D eigenvalue weighted by Crippen LogP contribution is 2.32. The average Bonchev–Trinajstić information content (AvgIpc) is 3.88. The number of methoxy groups -OCH3 is 4. The zero-order valence-electron chi connectivity index (χ0n) is 48.3. The van der Waals surface area contributed by atoms with Crippen molar-refractivity contribution in [1.82, 2.24) is 19.6 Å². The van der Waals surface area contributed by atoms with Crippen LogP contribution in [0.5, 0.6) is 0 Å². The number of carbonyl (C=O) groups excluding carboxylic acids is 9. The Bertz CT molecular complexity index is 2110. The maximum absolute atomic E-state index is 14.8. The van der Waals surface area contributed by atoms with Gasteiger partial charge < -0.3 is 38.5 Å². The fourth-order valence-corrected chi connectivity index (χ4v) is 10.8. The number of nitrogens with zero attached hydrogens (tertiary/aromatic N) is 4. The number of carbonyl (C=O) groups is 9. The molecule has 0 saturated carbocycles. The molecule has 0 N–H and O–H groups in total. The average molecular weight is 1070 g/mol. The molecule has 1 saturated heterocycles. The van der Waals surface area contributed by atoms with Crippen molar-refractivity contribution in [3.63, 3.8) is 0 Å². The summed E-state index contributed by atoms with van der Waals surface area (Å²) in [5.74, 6) is -4.49. The zero-order valence-corrected chi connectivity index (χ0v) is 48.3. The Morgan fingerprint density at radius 1 is 0.750 bits per heavy atom. The van der Waals surface area contributed by atoms with Crippen LogP contribution < -0.4 is 0 Å². The fourth-order valence-electron chi connectivity index (χ4n) is 10.8. The standard InChI is InChI=1S/C59H92N4O13/c1-16-40(7)55(51(74-13)37-53(69)63-29-21-26-48(63)56(75-14)42(9)49(66)35-44(59(72)76-15)34-43-23-19-18-20-24-43)61(11)58(71)47(38(3)4)36-50(67)54(39(5)6)60(10)57(70)41(8)33-46(65)28-31-62(52(68)17-2)30-27-45(64)25-22-32-73-12/h2,18-20,23-24,38-42,44,47-48,51,54-56H,16,21-22,25-37H2,1,3-15H3/t40-,41+,42-,44+,47-,48-,51+,54-,55-,56+/m0/s1. The van der Waals surface area contributed by atoms with Crippen LogP contribution in [0.2, 0.25) is 0 Å². The number of hydrogen-bond donors (Lipinski definition) is 0. The van der Waals surface area contributed by atoms with E-state index in [1.54, 1.807) is 37.8 Å². The number of esters is 1. The minimum absolute atomic E-state index is 0.00960. The first kappa shape index (κ1) is 66.8. The minimum atomic E-state index is -0.907. The summed E-state index contributed by atoms with van der Waals surface area (Å²) in [6.45, 7) is 15.7. The normalized spacial score (nSPS) is 17.0. The molecule has 2 rings (SSSR count). The smallest absolute Gasteiger partial charge is 0.309 e. The lowest BCUT2D eigenvalue weighted by Gasteiger charge is -2.41. The van der Waals surface area contributed by atoms with E-state index in [0.29, 0.717) is 51.7 Å². The van der Waals surface area contributed by atoms with E-state index in [9.17, 15) is 43.2 Å². The first-order valence-corrected chi connectivity index (χ1v) is 27.3. The van der Waals surface area contributed by atoms with Crippen LogP contribution in [0, 0.1) is 53.8 Å². The van der Waals surface area contributed by atoms with Gasteiger partial charge in [-0.2, -0.15) is 0 Å². The highest BCUT2D eigenvalue weighted by molar-refractivity contribution is 5.95. The molecule has 0 radical (unpaired) electrons. The van der Waals surface area contributed by atoms with Crippen molar-refractivity contribution in [3.8, 4) is 12.3 Å². The minimum Gasteiger partial charge on any atom is -0.469 e. The summed E-state index contributed by atoms with van der Waals surface area (Å²) in [6, 6.07) is 7.54. The Hall–Kier alpha value is -5.31. The molecule has 1 heterocycles. The predicted octanol–water partition coefficient (Wildman–Crippen LogP) is 6.45. The molecule has 0 aliphatic carbocycles. The number of benzene rings is 1. The summed E-state index contributed by atoms with van der Waals surface area (Å²) in [7, 11) is 9.12. The van der Waals surface area contributed by atoms with E-state index in [1.165, 1.54) is 38.2 Å². The van der Waals surface area contributed by atoms with Crippen molar-refractivity contribution in [2.24, 2.45) is 41.4 Å². The number of likely N-dealkylation sites (tertiary alicyclic amines) is 1. The lowest BCUT2D eigenvalue weighted by molar-refractivity contribution is -0.150. The van der Waals surface area contributed by atoms with Crippen LogP contribution in [0.1, 0.15) is 132 Å². The van der Waals surface area contributed by atoms with Gasteiger partial charge in [0.05, 0.1) is 49.8 Å². The molecule has 1 aromatic rings. The molecule has 1 fully saturated rings. The van der Waals surface area contributed by atoms with Crippen molar-refractivity contribution in [2.75, 3.05) is 68.8 Å². The van der Waals surface area contributed by atoms with E-state index in [2.05, 4.69) is 5.92 Å². The van der Waals surface area contributed by atoms with Crippen molar-refractivity contribution < 1.29 is 62.1 Å². The maximum Gasteiger partial charge on any atom is 0.309 e. The van der Waals surface area contributed by atoms with Gasteiger partial charge in [0.15, 0.2) is 5.78 Å². The van der Waals surface area contributed by atoms with Crippen LogP contribution in [-0.4, -0.2) is 171 Å². The largest absolute Gasteiger partial charge is 0.469 e. The van der Waals surface area contributed by atoms with Crippen molar-refractivity contribution >= 4 is 52.7 Å². The number of amides is 4. The van der Waals surface area contributed by atoms with E-state index in [1.807, 2.05) is 71.9 Å². The second-order valence-corrected chi connectivity index (χ2v) is 21.5. The van der Waals surface area contributed by atoms with Crippen LogP contribution in [0.3, 0.4) is 0 Å². The molecule has 1 aromatic carbocycles. The Balaban J connectivity index is 2.24. The van der Waals surface area contributed by atoms with Gasteiger partial charge in [-0.1, -0.05) is 92.1 Å². The van der Waals surface area contributed by atoms with Gasteiger partial charge in [-0.3, -0.25) is 43.2 Å². The molecule has 0 bridgehead atoms. The van der Waals surface area contributed by atoms with Gasteiger partial charge in [-0.05, 0) is 54.9 Å². The summed E-state index contributed by atoms with van der Waals surface area (Å²) in [5.41, 5.74) is 0.907. The van der Waals surface area contributed by atoms with Crippen molar-refractivity contribution in [1.29, 1.82) is 0 Å². The molecular formula is C59H92N4O13. The van der Waals surface area contributed by atoms with E-state index in [-0.39, 0.29) is 104 Å². The molecular weight excluding hydrogens is 973 g/mol. The Morgan fingerprint density at radius 2 is 1.38 bits per heavy atom. The van der Waals surface area contributed by atoms with Gasteiger partial charge in [-0.15, -0.1) is 6.42 Å². The summed E-state index contributed by atoms with van der Waals surface area (Å²) in [5, 5.41) is 0. The number of likely N-dealkylation sites (N-methyl/N-ethyl adjacent to an activating group) is 2. The molecule has 4 amide bonds. The molecule has 0 spiro atoms. The van der Waals surface area contributed by atoms with Gasteiger partial charge in [0.1, 0.15) is 17.3 Å². The van der Waals surface area contributed by atoms with Gasteiger partial charge in [0.2, 0.25) is 17.7 Å². The number of Topliss-reactive ketones (excluding diaryl/α,β-unsaturated/α-hetero) is 4. The molecule has 1 aliphatic heterocycles.